The van der Waals surface area contributed by atoms with Gasteiger partial charge >= 0.3 is 0 Å². The zero-order valence-electron chi connectivity index (χ0n) is 41.9. The highest BCUT2D eigenvalue weighted by atomic mass is 16.3. The van der Waals surface area contributed by atoms with Gasteiger partial charge in [-0.15, -0.1) is 16.4 Å². The molecule has 0 aliphatic heterocycles. The smallest absolute Gasteiger partial charge is 0.164 e. The summed E-state index contributed by atoms with van der Waals surface area (Å²) in [6.07, 6.45) is 0. The maximum atomic E-state index is 6.79. The van der Waals surface area contributed by atoms with E-state index < -0.39 is 0 Å². The fraction of sp³-hybridized carbons (Fsp3) is 0. The summed E-state index contributed by atoms with van der Waals surface area (Å²) in [6.45, 7) is 0. The summed E-state index contributed by atoms with van der Waals surface area (Å²) in [4.78, 5) is 15.6. The topological polar surface area (TPSA) is 56.7 Å². The Kier molecular flexibility index (Phi) is 10.4. The summed E-state index contributed by atoms with van der Waals surface area (Å²) < 4.78 is 9.46. The highest BCUT2D eigenvalue weighted by Crippen LogP contribution is 2.39. The molecule has 68 heavy (non-hydrogen) atoms. The molecule has 0 aliphatic rings. The lowest BCUT2D eigenvalue weighted by atomic mass is 9.60. The molecule has 0 saturated carbocycles. The number of hydrogen-bond donors (Lipinski definition) is 0. The van der Waals surface area contributed by atoms with Gasteiger partial charge in [-0.25, -0.2) is 15.0 Å². The Bertz CT molecular complexity index is 3940. The van der Waals surface area contributed by atoms with Crippen LogP contribution in [0.2, 0.25) is 0 Å². The molecule has 8 aromatic carbocycles. The SMILES string of the molecule is Bc1c(B)c(-n2c3c(B)c(B)c(B)c(B)c3c3c(B)c4c(B)c(B)c(B)c(B)c4c(B)c32)c(B)c(B)c1-c1cc(-c2nc(-c3ccccc3)nc(-c3ccccc3)n2)c2c(c1)oc1ccccc12. The first-order valence-corrected chi connectivity index (χ1v) is 24.0. The molecule has 5 nitrogen and oxygen atoms in total. The lowest BCUT2D eigenvalue weighted by molar-refractivity contribution is 0.669. The summed E-state index contributed by atoms with van der Waals surface area (Å²) in [7, 11) is 32.6. The predicted molar refractivity (Wildman–Crippen MR) is 335 cm³/mol. The van der Waals surface area contributed by atoms with E-state index in [2.05, 4.69) is 163 Å². The number of para-hydroxylation sites is 1. The average molecular weight is 856 g/mol. The first-order valence-electron chi connectivity index (χ1n) is 24.0. The minimum atomic E-state index is 0.604. The number of hydrogen-bond acceptors (Lipinski definition) is 4. The highest BCUT2D eigenvalue weighted by Gasteiger charge is 2.28. The predicted octanol–water partition coefficient (Wildman–Crippen LogP) is -11.7. The molecule has 0 fully saturated rings. The van der Waals surface area contributed by atoms with E-state index in [9.17, 15) is 0 Å². The molecule has 0 aliphatic carbocycles. The van der Waals surface area contributed by atoms with E-state index in [0.717, 1.165) is 44.2 Å². The number of rotatable bonds is 5. The van der Waals surface area contributed by atoms with Crippen LogP contribution in [-0.4, -0.2) is 129 Å². The standard InChI is InChI=1S/C49H44B14N4O/c50-30-26-27(34(54)38(58)37(57)33(26)53)36(56)44-28(30)29-35(55)39(59)40(60)43(63)45(29)67(44)46-41(61)31(51)24(32(52)42(46)62)19-15-21(25-20-13-7-8-14-22(20)68-23(25)16-19)49-65-47(17-9-3-1-4-10-17)64-48(66-49)18-11-5-2-6-12-18/h1-16H,50-63H2. The van der Waals surface area contributed by atoms with E-state index in [4.69, 9.17) is 19.4 Å². The monoisotopic (exact) mass is 858 g/mol. The Balaban J connectivity index is 1.24. The summed E-state index contributed by atoms with van der Waals surface area (Å²) in [5, 5.41) is 7.56. The Morgan fingerprint density at radius 1 is 0.338 bits per heavy atom. The Morgan fingerprint density at radius 3 is 1.37 bits per heavy atom. The molecule has 3 aromatic heterocycles. The minimum absolute atomic E-state index is 0.604. The fourth-order valence-electron chi connectivity index (χ4n) is 11.8. The lowest BCUT2D eigenvalue weighted by Gasteiger charge is -2.26. The summed E-state index contributed by atoms with van der Waals surface area (Å²) in [5.74, 6) is 1.85. The van der Waals surface area contributed by atoms with Crippen LogP contribution in [0.4, 0.5) is 0 Å². The quantitative estimate of drug-likeness (QED) is 0.162. The summed E-state index contributed by atoms with van der Waals surface area (Å²) in [5.41, 5.74) is 29.2. The van der Waals surface area contributed by atoms with Crippen molar-refractivity contribution in [3.05, 3.63) is 97.1 Å². The molecule has 11 rings (SSSR count). The molecular weight excluding hydrogens is 812 g/mol. The van der Waals surface area contributed by atoms with Crippen LogP contribution >= 0.6 is 0 Å². The van der Waals surface area contributed by atoms with Crippen molar-refractivity contribution in [2.45, 2.75) is 0 Å². The number of furan rings is 1. The first kappa shape index (κ1) is 44.1. The van der Waals surface area contributed by atoms with Gasteiger partial charge in [-0.05, 0) is 45.5 Å². The molecule has 0 atom stereocenters. The first-order chi connectivity index (χ1) is 32.6. The van der Waals surface area contributed by atoms with Crippen molar-refractivity contribution < 1.29 is 4.42 Å². The zero-order chi connectivity index (χ0) is 47.8. The van der Waals surface area contributed by atoms with Crippen molar-refractivity contribution in [3.63, 3.8) is 0 Å². The van der Waals surface area contributed by atoms with E-state index in [0.29, 0.717) is 17.5 Å². The van der Waals surface area contributed by atoms with Crippen molar-refractivity contribution in [2.75, 3.05) is 0 Å². The largest absolute Gasteiger partial charge is 0.456 e. The second-order valence-electron chi connectivity index (χ2n) is 19.5. The lowest BCUT2D eigenvalue weighted by Crippen LogP contribution is -2.50. The number of nitrogens with zero attached hydrogens (tertiary/aromatic N) is 4. The maximum Gasteiger partial charge on any atom is 0.164 e. The normalized spacial score (nSPS) is 11.8. The minimum Gasteiger partial charge on any atom is -0.456 e. The van der Waals surface area contributed by atoms with Crippen molar-refractivity contribution in [1.29, 1.82) is 0 Å². The van der Waals surface area contributed by atoms with Gasteiger partial charge < -0.3 is 8.98 Å². The van der Waals surface area contributed by atoms with Crippen LogP contribution in [0, 0.1) is 0 Å². The average Bonchev–Trinajstić information content (AvgIpc) is 3.91. The molecule has 0 unspecified atom stereocenters. The second kappa shape index (κ2) is 16.1. The van der Waals surface area contributed by atoms with Crippen LogP contribution in [0.3, 0.4) is 0 Å². The maximum absolute atomic E-state index is 6.79. The van der Waals surface area contributed by atoms with Gasteiger partial charge in [-0.3, -0.25) is 0 Å². The van der Waals surface area contributed by atoms with Crippen LogP contribution in [0.5, 0.6) is 0 Å². The molecule has 19 heteroatoms. The van der Waals surface area contributed by atoms with Gasteiger partial charge in [-0.2, -0.15) is 0 Å². The molecule has 308 valence electrons. The van der Waals surface area contributed by atoms with E-state index in [1.54, 1.807) is 0 Å². The van der Waals surface area contributed by atoms with Gasteiger partial charge in [0.15, 0.2) is 17.5 Å². The molecule has 0 amide bonds. The molecule has 3 heterocycles. The van der Waals surface area contributed by atoms with Gasteiger partial charge in [0.2, 0.25) is 0 Å². The Hall–Kier alpha value is -6.46. The third kappa shape index (κ3) is 6.26. The van der Waals surface area contributed by atoms with Crippen LogP contribution in [-0.2, 0) is 0 Å². The number of aromatic nitrogens is 4. The van der Waals surface area contributed by atoms with Gasteiger partial charge in [0.25, 0.3) is 0 Å². The van der Waals surface area contributed by atoms with Crippen molar-refractivity contribution in [1.82, 2.24) is 19.5 Å². The van der Waals surface area contributed by atoms with Gasteiger partial charge in [0.05, 0.1) is 0 Å². The Morgan fingerprint density at radius 2 is 0.794 bits per heavy atom. The fourth-order valence-corrected chi connectivity index (χ4v) is 11.8. The van der Waals surface area contributed by atoms with Crippen LogP contribution in [0.1, 0.15) is 0 Å². The number of fused-ring (bicyclic) bond motifs is 7. The summed E-state index contributed by atoms with van der Waals surface area (Å²) >= 11 is 0. The van der Waals surface area contributed by atoms with E-state index >= 15 is 0 Å². The van der Waals surface area contributed by atoms with E-state index in [1.807, 2.05) is 48.5 Å². The van der Waals surface area contributed by atoms with Crippen molar-refractivity contribution >= 4 is 241 Å². The molecule has 0 bridgehead atoms. The molecule has 11 aromatic rings. The second-order valence-corrected chi connectivity index (χ2v) is 19.5. The third-order valence-electron chi connectivity index (χ3n) is 16.3. The molecule has 0 N–H and O–H groups in total. The Labute approximate surface area is 410 Å². The summed E-state index contributed by atoms with van der Waals surface area (Å²) in [6, 6.07) is 33.2. The molecular formula is C49H44B14N4O. The molecule has 0 radical (unpaired) electrons. The van der Waals surface area contributed by atoms with Gasteiger partial charge in [0, 0.05) is 49.6 Å². The van der Waals surface area contributed by atoms with E-state index in [1.165, 1.54) is 120 Å². The van der Waals surface area contributed by atoms with Crippen molar-refractivity contribution in [2.24, 2.45) is 0 Å². The van der Waals surface area contributed by atoms with Crippen molar-refractivity contribution in [3.8, 4) is 51.0 Å². The third-order valence-corrected chi connectivity index (χ3v) is 16.3. The van der Waals surface area contributed by atoms with Gasteiger partial charge in [0.1, 0.15) is 121 Å². The van der Waals surface area contributed by atoms with E-state index in [-0.39, 0.29) is 0 Å². The van der Waals surface area contributed by atoms with Crippen LogP contribution in [0.25, 0.3) is 105 Å². The van der Waals surface area contributed by atoms with Crippen LogP contribution < -0.4 is 76.5 Å². The van der Waals surface area contributed by atoms with Crippen LogP contribution in [0.15, 0.2) is 101 Å². The van der Waals surface area contributed by atoms with Gasteiger partial charge in [-0.1, -0.05) is 139 Å². The number of benzene rings is 8. The molecule has 0 spiro atoms. The zero-order valence-corrected chi connectivity index (χ0v) is 41.9. The molecule has 0 saturated heterocycles. The highest BCUT2D eigenvalue weighted by molar-refractivity contribution is 6.74.